The summed E-state index contributed by atoms with van der Waals surface area (Å²) in [6.45, 7) is 2.95. The maximum Gasteiger partial charge on any atom is 0.240 e. The Morgan fingerprint density at radius 1 is 1.09 bits per heavy atom. The summed E-state index contributed by atoms with van der Waals surface area (Å²) in [4.78, 5) is 26.8. The molecule has 2 amide bonds. The van der Waals surface area contributed by atoms with E-state index < -0.39 is 0 Å². The highest BCUT2D eigenvalue weighted by Gasteiger charge is 2.28. The number of nitrogens with one attached hydrogen (secondary N) is 1. The fourth-order valence-corrected chi connectivity index (χ4v) is 4.00. The number of carbonyl (C=O) groups excluding carboxylic acids is 2. The zero-order chi connectivity index (χ0) is 23.4. The molecule has 4 rings (SSSR count). The number of carbonyl (C=O) groups is 2. The maximum absolute atomic E-state index is 12.6. The van der Waals surface area contributed by atoms with Gasteiger partial charge in [0.2, 0.25) is 11.8 Å². The van der Waals surface area contributed by atoms with Crippen LogP contribution in [0.4, 0.5) is 5.82 Å². The van der Waals surface area contributed by atoms with E-state index in [9.17, 15) is 9.59 Å². The van der Waals surface area contributed by atoms with Crippen LogP contribution in [0.25, 0.3) is 11.3 Å². The minimum absolute atomic E-state index is 0.0380. The number of methoxy groups -OCH3 is 2. The number of benzene rings is 2. The van der Waals surface area contributed by atoms with E-state index in [0.29, 0.717) is 43.2 Å². The van der Waals surface area contributed by atoms with Crippen LogP contribution in [0.15, 0.2) is 48.5 Å². The van der Waals surface area contributed by atoms with Crippen molar-refractivity contribution in [1.29, 1.82) is 0 Å². The van der Waals surface area contributed by atoms with Crippen LogP contribution in [-0.2, 0) is 22.6 Å². The molecule has 0 fully saturated rings. The van der Waals surface area contributed by atoms with Gasteiger partial charge >= 0.3 is 0 Å². The van der Waals surface area contributed by atoms with E-state index in [2.05, 4.69) is 10.4 Å². The second-order valence-corrected chi connectivity index (χ2v) is 7.95. The predicted octanol–water partition coefficient (Wildman–Crippen LogP) is 2.97. The molecule has 1 N–H and O–H groups in total. The smallest absolute Gasteiger partial charge is 0.240 e. The molecule has 1 aliphatic heterocycles. The van der Waals surface area contributed by atoms with E-state index >= 15 is 0 Å². The number of amides is 2. The Kier molecular flexibility index (Phi) is 6.63. The van der Waals surface area contributed by atoms with E-state index in [0.717, 1.165) is 22.4 Å². The van der Waals surface area contributed by atoms with Gasteiger partial charge in [-0.25, -0.2) is 4.68 Å². The van der Waals surface area contributed by atoms with Crippen molar-refractivity contribution in [3.8, 4) is 22.8 Å². The van der Waals surface area contributed by atoms with Crippen LogP contribution >= 0.6 is 0 Å². The highest BCUT2D eigenvalue weighted by molar-refractivity contribution is 5.99. The third-order valence-corrected chi connectivity index (χ3v) is 5.78. The van der Waals surface area contributed by atoms with Gasteiger partial charge in [0.25, 0.3) is 0 Å². The van der Waals surface area contributed by atoms with Crippen LogP contribution in [0.5, 0.6) is 11.5 Å². The highest BCUT2D eigenvalue weighted by atomic mass is 16.5. The number of anilines is 1. The molecule has 1 aliphatic rings. The number of hydrogen-bond donors (Lipinski definition) is 1. The highest BCUT2D eigenvalue weighted by Crippen LogP contribution is 2.30. The van der Waals surface area contributed by atoms with Gasteiger partial charge in [0.05, 0.1) is 26.5 Å². The summed E-state index contributed by atoms with van der Waals surface area (Å²) < 4.78 is 12.4. The summed E-state index contributed by atoms with van der Waals surface area (Å²) in [5, 5.41) is 7.58. The van der Waals surface area contributed by atoms with Crippen molar-refractivity contribution in [3.63, 3.8) is 0 Å². The van der Waals surface area contributed by atoms with Crippen LogP contribution in [-0.4, -0.2) is 48.9 Å². The summed E-state index contributed by atoms with van der Waals surface area (Å²) in [5.74, 6) is 1.68. The summed E-state index contributed by atoms with van der Waals surface area (Å²) in [7, 11) is 3.18. The Hall–Kier alpha value is -3.81. The quantitative estimate of drug-likeness (QED) is 0.573. The molecule has 33 heavy (non-hydrogen) atoms. The van der Waals surface area contributed by atoms with Gasteiger partial charge in [0, 0.05) is 24.6 Å². The van der Waals surface area contributed by atoms with Gasteiger partial charge < -0.3 is 14.8 Å². The molecule has 0 radical (unpaired) electrons. The number of fused-ring (bicyclic) bond motifs is 1. The van der Waals surface area contributed by atoms with Crippen molar-refractivity contribution in [2.45, 2.75) is 26.3 Å². The molecule has 0 aliphatic carbocycles. The molecular weight excluding hydrogens is 420 g/mol. The largest absolute Gasteiger partial charge is 0.493 e. The first-order valence-electron chi connectivity index (χ1n) is 10.9. The molecule has 0 unspecified atom stereocenters. The minimum atomic E-state index is -0.212. The molecule has 0 atom stereocenters. The Bertz CT molecular complexity index is 1170. The van der Waals surface area contributed by atoms with Crippen LogP contribution < -0.4 is 19.7 Å². The number of ether oxygens (including phenoxy) is 2. The number of aromatic nitrogens is 2. The van der Waals surface area contributed by atoms with Gasteiger partial charge in [-0.05, 0) is 36.6 Å². The molecule has 0 spiro atoms. The van der Waals surface area contributed by atoms with Gasteiger partial charge in [-0.15, -0.1) is 0 Å². The third kappa shape index (κ3) is 4.84. The summed E-state index contributed by atoms with van der Waals surface area (Å²) in [6, 6.07) is 15.6. The molecule has 2 heterocycles. The van der Waals surface area contributed by atoms with Crippen molar-refractivity contribution in [1.82, 2.24) is 15.1 Å². The normalized spacial score (nSPS) is 12.9. The Labute approximate surface area is 193 Å². The van der Waals surface area contributed by atoms with Crippen molar-refractivity contribution in [3.05, 3.63) is 59.7 Å². The van der Waals surface area contributed by atoms with Crippen LogP contribution in [0.2, 0.25) is 0 Å². The van der Waals surface area contributed by atoms with Crippen LogP contribution in [0.1, 0.15) is 17.5 Å². The van der Waals surface area contributed by atoms with Crippen molar-refractivity contribution >= 4 is 17.6 Å². The second kappa shape index (κ2) is 9.77. The van der Waals surface area contributed by atoms with Crippen molar-refractivity contribution in [2.24, 2.45) is 0 Å². The topological polar surface area (TPSA) is 85.7 Å². The molecule has 8 nitrogen and oxygen atoms in total. The summed E-state index contributed by atoms with van der Waals surface area (Å²) >= 11 is 0. The summed E-state index contributed by atoms with van der Waals surface area (Å²) in [6.07, 6.45) is 0.955. The fourth-order valence-electron chi connectivity index (χ4n) is 4.00. The fraction of sp³-hybridized carbons (Fsp3) is 0.320. The molecule has 0 saturated carbocycles. The van der Waals surface area contributed by atoms with E-state index in [1.165, 1.54) is 4.90 Å². The SMILES string of the molecule is COc1ccc(CCNC(=O)CN2C(=O)CCn3nc(-c4ccccc4C)cc32)cc1OC. The number of aryl methyl sites for hydroxylation is 2. The van der Waals surface area contributed by atoms with Crippen LogP contribution in [0, 0.1) is 6.92 Å². The van der Waals surface area contributed by atoms with E-state index in [4.69, 9.17) is 9.47 Å². The average Bonchev–Trinajstić information content (AvgIpc) is 3.25. The monoisotopic (exact) mass is 448 g/mol. The Balaban J connectivity index is 1.40. The third-order valence-electron chi connectivity index (χ3n) is 5.78. The molecule has 0 bridgehead atoms. The lowest BCUT2D eigenvalue weighted by Crippen LogP contribution is -2.44. The number of nitrogens with zero attached hydrogens (tertiary/aromatic N) is 3. The van der Waals surface area contributed by atoms with Gasteiger partial charge in [-0.2, -0.15) is 5.10 Å². The Morgan fingerprint density at radius 2 is 1.88 bits per heavy atom. The number of hydrogen-bond acceptors (Lipinski definition) is 5. The lowest BCUT2D eigenvalue weighted by molar-refractivity contribution is -0.124. The molecule has 8 heteroatoms. The van der Waals surface area contributed by atoms with Crippen molar-refractivity contribution < 1.29 is 19.1 Å². The first-order chi connectivity index (χ1) is 16.0. The van der Waals surface area contributed by atoms with Gasteiger partial charge in [-0.1, -0.05) is 30.3 Å². The predicted molar refractivity (Wildman–Crippen MR) is 126 cm³/mol. The molecule has 1 aromatic heterocycles. The van der Waals surface area contributed by atoms with E-state index in [1.54, 1.807) is 18.9 Å². The molecule has 172 valence electrons. The first kappa shape index (κ1) is 22.4. The zero-order valence-electron chi connectivity index (χ0n) is 19.1. The second-order valence-electron chi connectivity index (χ2n) is 7.95. The van der Waals surface area contributed by atoms with Crippen LogP contribution in [0.3, 0.4) is 0 Å². The minimum Gasteiger partial charge on any atom is -0.493 e. The molecule has 3 aromatic rings. The van der Waals surface area contributed by atoms with Gasteiger partial charge in [-0.3, -0.25) is 14.5 Å². The maximum atomic E-state index is 12.6. The molecule has 0 saturated heterocycles. The average molecular weight is 449 g/mol. The first-order valence-corrected chi connectivity index (χ1v) is 10.9. The van der Waals surface area contributed by atoms with E-state index in [1.807, 2.05) is 55.5 Å². The Morgan fingerprint density at radius 3 is 2.64 bits per heavy atom. The lowest BCUT2D eigenvalue weighted by Gasteiger charge is -2.26. The lowest BCUT2D eigenvalue weighted by atomic mass is 10.1. The molecule has 2 aromatic carbocycles. The zero-order valence-corrected chi connectivity index (χ0v) is 19.1. The van der Waals surface area contributed by atoms with Crippen molar-refractivity contribution in [2.75, 3.05) is 32.2 Å². The van der Waals surface area contributed by atoms with Gasteiger partial charge in [0.15, 0.2) is 11.5 Å². The molecular formula is C25H28N4O4. The number of rotatable bonds is 8. The summed E-state index contributed by atoms with van der Waals surface area (Å²) in [5.41, 5.74) is 3.95. The van der Waals surface area contributed by atoms with Gasteiger partial charge in [0.1, 0.15) is 12.4 Å². The van der Waals surface area contributed by atoms with E-state index in [-0.39, 0.29) is 18.4 Å². The standard InChI is InChI=1S/C25H28N4O4/c1-17-6-4-5-7-19(17)20-15-24-28(25(31)11-13-29(24)27-20)16-23(30)26-12-10-18-8-9-21(32-2)22(14-18)33-3/h4-9,14-15H,10-13,16H2,1-3H3,(H,26,30).